The van der Waals surface area contributed by atoms with Gasteiger partial charge in [0.25, 0.3) is 0 Å². The van der Waals surface area contributed by atoms with Crippen molar-refractivity contribution in [2.45, 2.75) is 58.3 Å². The van der Waals surface area contributed by atoms with Crippen LogP contribution in [-0.2, 0) is 4.79 Å². The Kier molecular flexibility index (Phi) is 7.94. The minimum absolute atomic E-state index is 0.362. The molecular weight excluding hydrogens is 332 g/mol. The lowest BCUT2D eigenvalue weighted by molar-refractivity contribution is -0.131. The van der Waals surface area contributed by atoms with E-state index in [1.165, 1.54) is 49.7 Å². The third-order valence-electron chi connectivity index (χ3n) is 6.18. The zero-order chi connectivity index (χ0) is 18.9. The molecule has 27 heavy (non-hydrogen) atoms. The maximum Gasteiger partial charge on any atom is 0.222 e. The van der Waals surface area contributed by atoms with Gasteiger partial charge in [-0.25, -0.2) is 0 Å². The first-order valence-electron chi connectivity index (χ1n) is 10.9. The smallest absolute Gasteiger partial charge is 0.222 e. The molecule has 148 valence electrons. The minimum atomic E-state index is 0.362. The van der Waals surface area contributed by atoms with E-state index in [0.29, 0.717) is 11.8 Å². The molecule has 1 aliphatic carbocycles. The summed E-state index contributed by atoms with van der Waals surface area (Å²) in [6, 6.07) is 10.4. The van der Waals surface area contributed by atoms with Gasteiger partial charge in [0.15, 0.2) is 0 Å². The lowest BCUT2D eigenvalue weighted by atomic mass is 9.96. The van der Waals surface area contributed by atoms with E-state index in [0.717, 1.165) is 44.9 Å². The number of hydrogen-bond donors (Lipinski definition) is 1. The zero-order valence-corrected chi connectivity index (χ0v) is 17.0. The Morgan fingerprint density at radius 3 is 2.48 bits per heavy atom. The normalized spacial score (nSPS) is 19.4. The van der Waals surface area contributed by atoms with Crippen molar-refractivity contribution in [1.29, 1.82) is 0 Å². The highest BCUT2D eigenvalue weighted by molar-refractivity contribution is 5.76. The van der Waals surface area contributed by atoms with Crippen molar-refractivity contribution in [2.24, 2.45) is 11.8 Å². The number of amides is 1. The molecule has 2 fully saturated rings. The summed E-state index contributed by atoms with van der Waals surface area (Å²) >= 11 is 0. The van der Waals surface area contributed by atoms with Crippen molar-refractivity contribution in [3.05, 3.63) is 41.5 Å². The van der Waals surface area contributed by atoms with E-state index >= 15 is 0 Å². The third kappa shape index (κ3) is 6.80. The monoisotopic (exact) mass is 368 g/mol. The van der Waals surface area contributed by atoms with Crippen LogP contribution in [0.4, 0.5) is 0 Å². The fraction of sp³-hybridized carbons (Fsp3) is 0.625. The summed E-state index contributed by atoms with van der Waals surface area (Å²) in [4.78, 5) is 15.2. The van der Waals surface area contributed by atoms with Crippen LogP contribution in [0.1, 0.15) is 63.9 Å². The van der Waals surface area contributed by atoms with Gasteiger partial charge in [-0.1, -0.05) is 67.7 Å². The Balaban J connectivity index is 1.60. The van der Waals surface area contributed by atoms with E-state index in [4.69, 9.17) is 0 Å². The van der Waals surface area contributed by atoms with Crippen LogP contribution in [0.25, 0.3) is 6.08 Å². The lowest BCUT2D eigenvalue weighted by Crippen LogP contribution is -2.40. The quantitative estimate of drug-likeness (QED) is 0.708. The van der Waals surface area contributed by atoms with Gasteiger partial charge in [0.05, 0.1) is 0 Å². The summed E-state index contributed by atoms with van der Waals surface area (Å²) in [6.45, 7) is 6.03. The first-order valence-corrected chi connectivity index (χ1v) is 10.9. The Hall–Kier alpha value is -1.61. The van der Waals surface area contributed by atoms with E-state index in [1.807, 2.05) is 6.07 Å². The van der Waals surface area contributed by atoms with Crippen LogP contribution in [0.3, 0.4) is 0 Å². The molecule has 3 heteroatoms. The molecule has 0 unspecified atom stereocenters. The summed E-state index contributed by atoms with van der Waals surface area (Å²) in [6.07, 6.45) is 11.8. The molecule has 1 amide bonds. The molecule has 1 saturated heterocycles. The van der Waals surface area contributed by atoms with E-state index in [1.54, 1.807) is 0 Å². The molecule has 2 aliphatic rings. The first kappa shape index (κ1) is 20.1. The second kappa shape index (κ2) is 10.7. The van der Waals surface area contributed by atoms with Crippen molar-refractivity contribution in [2.75, 3.05) is 26.2 Å². The van der Waals surface area contributed by atoms with Crippen LogP contribution in [-0.4, -0.2) is 37.0 Å². The third-order valence-corrected chi connectivity index (χ3v) is 6.18. The van der Waals surface area contributed by atoms with E-state index in [-0.39, 0.29) is 0 Å². The van der Waals surface area contributed by atoms with Crippen LogP contribution in [0, 0.1) is 11.8 Å². The van der Waals surface area contributed by atoms with Gasteiger partial charge >= 0.3 is 0 Å². The predicted molar refractivity (Wildman–Crippen MR) is 113 cm³/mol. The molecule has 0 bridgehead atoms. The molecule has 0 aromatic heterocycles. The van der Waals surface area contributed by atoms with E-state index in [9.17, 15) is 4.79 Å². The number of rotatable bonds is 8. The highest BCUT2D eigenvalue weighted by Crippen LogP contribution is 2.29. The molecule has 1 aliphatic heterocycles. The van der Waals surface area contributed by atoms with Crippen molar-refractivity contribution in [3.63, 3.8) is 0 Å². The van der Waals surface area contributed by atoms with Crippen molar-refractivity contribution < 1.29 is 4.79 Å². The van der Waals surface area contributed by atoms with Gasteiger partial charge in [-0.15, -0.1) is 0 Å². The van der Waals surface area contributed by atoms with Gasteiger partial charge in [-0.3, -0.25) is 4.79 Å². The molecule has 1 heterocycles. The molecule has 1 aromatic rings. The van der Waals surface area contributed by atoms with Crippen LogP contribution in [0.5, 0.6) is 0 Å². The van der Waals surface area contributed by atoms with Gasteiger partial charge < -0.3 is 10.2 Å². The molecule has 1 saturated carbocycles. The molecule has 0 radical (unpaired) electrons. The highest BCUT2D eigenvalue weighted by atomic mass is 16.2. The van der Waals surface area contributed by atoms with Crippen LogP contribution < -0.4 is 5.32 Å². The number of nitrogens with zero attached hydrogens (tertiary/aromatic N) is 1. The maximum atomic E-state index is 13.0. The zero-order valence-electron chi connectivity index (χ0n) is 17.0. The van der Waals surface area contributed by atoms with Crippen molar-refractivity contribution >= 4 is 12.0 Å². The Labute approximate surface area is 165 Å². The summed E-state index contributed by atoms with van der Waals surface area (Å²) < 4.78 is 0. The molecular formula is C24H36N2O. The number of carbonyl (C=O) groups is 1. The van der Waals surface area contributed by atoms with Crippen molar-refractivity contribution in [1.82, 2.24) is 10.2 Å². The van der Waals surface area contributed by atoms with Gasteiger partial charge in [0.1, 0.15) is 0 Å². The van der Waals surface area contributed by atoms with Gasteiger partial charge in [-0.05, 0) is 56.7 Å². The summed E-state index contributed by atoms with van der Waals surface area (Å²) in [5.41, 5.74) is 2.49. The van der Waals surface area contributed by atoms with Crippen LogP contribution in [0.15, 0.2) is 35.9 Å². The van der Waals surface area contributed by atoms with Crippen molar-refractivity contribution in [3.8, 4) is 0 Å². The number of nitrogens with one attached hydrogen (secondary N) is 1. The predicted octanol–water partition coefficient (Wildman–Crippen LogP) is 4.89. The molecule has 3 rings (SSSR count). The molecule has 0 atom stereocenters. The second-order valence-electron chi connectivity index (χ2n) is 8.56. The van der Waals surface area contributed by atoms with Gasteiger partial charge in [0.2, 0.25) is 5.91 Å². The fourth-order valence-corrected chi connectivity index (χ4v) is 4.60. The largest absolute Gasteiger partial charge is 0.338 e. The van der Waals surface area contributed by atoms with Crippen LogP contribution >= 0.6 is 0 Å². The number of piperidine rings is 1. The number of carbonyl (C=O) groups excluding carboxylic acids is 1. The Bertz CT molecular complexity index is 598. The van der Waals surface area contributed by atoms with Gasteiger partial charge in [0, 0.05) is 19.5 Å². The average Bonchev–Trinajstić information content (AvgIpc) is 3.21. The fourth-order valence-electron chi connectivity index (χ4n) is 4.60. The summed E-state index contributed by atoms with van der Waals surface area (Å²) in [7, 11) is 0. The first-order chi connectivity index (χ1) is 13.2. The molecule has 0 spiro atoms. The Morgan fingerprint density at radius 2 is 1.78 bits per heavy atom. The summed E-state index contributed by atoms with van der Waals surface area (Å²) in [5, 5.41) is 3.44. The highest BCUT2D eigenvalue weighted by Gasteiger charge is 2.23. The molecule has 1 aromatic carbocycles. The minimum Gasteiger partial charge on any atom is -0.338 e. The second-order valence-corrected chi connectivity index (χ2v) is 8.56. The number of benzene rings is 1. The molecule has 1 N–H and O–H groups in total. The Morgan fingerprint density at radius 1 is 1.07 bits per heavy atom. The maximum absolute atomic E-state index is 13.0. The average molecular weight is 369 g/mol. The van der Waals surface area contributed by atoms with Gasteiger partial charge in [-0.2, -0.15) is 0 Å². The lowest BCUT2D eigenvalue weighted by Gasteiger charge is -2.31. The van der Waals surface area contributed by atoms with Crippen LogP contribution in [0.2, 0.25) is 0 Å². The summed E-state index contributed by atoms with van der Waals surface area (Å²) in [5.74, 6) is 1.79. The van der Waals surface area contributed by atoms with E-state index in [2.05, 4.69) is 47.5 Å². The standard InChI is InChI=1S/C24H36N2O/c1-20(17-22-9-3-2-4-10-22)18-26(19-23-13-15-25-16-14-23)24(27)12-11-21-7-5-6-8-21/h2-4,9-10,17,21,23,25H,5-8,11-16,18-19H2,1H3. The SMILES string of the molecule is CC(=Cc1ccccc1)CN(CC1CCNCC1)C(=O)CCC1CCCC1. The topological polar surface area (TPSA) is 32.3 Å². The molecule has 3 nitrogen and oxygen atoms in total. The van der Waals surface area contributed by atoms with E-state index < -0.39 is 0 Å². The number of hydrogen-bond acceptors (Lipinski definition) is 2.